The van der Waals surface area contributed by atoms with Gasteiger partial charge in [0.1, 0.15) is 5.82 Å². The van der Waals surface area contributed by atoms with E-state index >= 15 is 0 Å². The topological polar surface area (TPSA) is 64.9 Å². The van der Waals surface area contributed by atoms with Crippen LogP contribution in [0.15, 0.2) is 47.0 Å². The molecule has 2 N–H and O–H groups in total. The van der Waals surface area contributed by atoms with Gasteiger partial charge in [-0.2, -0.15) is 4.98 Å². The van der Waals surface area contributed by atoms with E-state index in [2.05, 4.69) is 10.1 Å². The van der Waals surface area contributed by atoms with Gasteiger partial charge in [-0.3, -0.25) is 0 Å². The Morgan fingerprint density at radius 3 is 2.45 bits per heavy atom. The zero-order valence-electron chi connectivity index (χ0n) is 10.8. The quantitative estimate of drug-likeness (QED) is 0.724. The number of hydrogen-bond acceptors (Lipinski definition) is 4. The molecule has 3 rings (SSSR count). The minimum atomic E-state index is -0.299. The Morgan fingerprint density at radius 1 is 1.05 bits per heavy atom. The lowest BCUT2D eigenvalue weighted by Gasteiger charge is -2.00. The molecule has 3 aromatic rings. The molecule has 0 aliphatic heterocycles. The van der Waals surface area contributed by atoms with Crippen LogP contribution in [0.2, 0.25) is 0 Å². The number of hydrogen-bond donors (Lipinski definition) is 1. The van der Waals surface area contributed by atoms with Crippen molar-refractivity contribution in [3.05, 3.63) is 53.8 Å². The van der Waals surface area contributed by atoms with Gasteiger partial charge in [0.2, 0.25) is 5.82 Å². The van der Waals surface area contributed by atoms with Crippen LogP contribution in [-0.4, -0.2) is 10.1 Å². The fraction of sp³-hybridized carbons (Fsp3) is 0.0667. The van der Waals surface area contributed by atoms with Crippen LogP contribution >= 0.6 is 0 Å². The number of nitrogens with two attached hydrogens (primary N) is 1. The van der Waals surface area contributed by atoms with E-state index in [1.165, 1.54) is 12.1 Å². The Hall–Kier alpha value is -2.69. The number of benzene rings is 2. The van der Waals surface area contributed by atoms with Crippen LogP contribution in [0.1, 0.15) is 5.56 Å². The molecule has 1 heterocycles. The summed E-state index contributed by atoms with van der Waals surface area (Å²) in [5.41, 5.74) is 8.94. The van der Waals surface area contributed by atoms with E-state index in [-0.39, 0.29) is 5.82 Å². The molecule has 5 heteroatoms. The highest BCUT2D eigenvalue weighted by Crippen LogP contribution is 2.24. The molecule has 0 atom stereocenters. The summed E-state index contributed by atoms with van der Waals surface area (Å²) >= 11 is 0. The van der Waals surface area contributed by atoms with Gasteiger partial charge in [0, 0.05) is 16.8 Å². The van der Waals surface area contributed by atoms with Gasteiger partial charge in [-0.15, -0.1) is 0 Å². The molecule has 0 amide bonds. The van der Waals surface area contributed by atoms with E-state index in [4.69, 9.17) is 10.3 Å². The molecule has 0 bridgehead atoms. The van der Waals surface area contributed by atoms with Gasteiger partial charge in [-0.05, 0) is 55.0 Å². The Kier molecular flexibility index (Phi) is 2.95. The summed E-state index contributed by atoms with van der Waals surface area (Å²) in [6.45, 7) is 1.91. The second-order valence-corrected chi connectivity index (χ2v) is 4.50. The first kappa shape index (κ1) is 12.3. The summed E-state index contributed by atoms with van der Waals surface area (Å²) < 4.78 is 18.1. The lowest BCUT2D eigenvalue weighted by atomic mass is 10.1. The lowest BCUT2D eigenvalue weighted by molar-refractivity contribution is 0.432. The van der Waals surface area contributed by atoms with Crippen LogP contribution in [-0.2, 0) is 0 Å². The smallest absolute Gasteiger partial charge is 0.258 e. The number of nitrogen functional groups attached to an aromatic ring is 1. The number of rotatable bonds is 2. The average molecular weight is 269 g/mol. The SMILES string of the molecule is Cc1cc(-c2nc(-c3ccc(F)cc3)no2)ccc1N. The first-order valence-corrected chi connectivity index (χ1v) is 6.09. The third-order valence-electron chi connectivity index (χ3n) is 3.05. The number of halogens is 1. The van der Waals surface area contributed by atoms with Crippen molar-refractivity contribution in [3.63, 3.8) is 0 Å². The highest BCUT2D eigenvalue weighted by atomic mass is 19.1. The Bertz CT molecular complexity index is 750. The van der Waals surface area contributed by atoms with Crippen LogP contribution < -0.4 is 5.73 Å². The predicted molar refractivity (Wildman–Crippen MR) is 74.3 cm³/mol. The normalized spacial score (nSPS) is 10.7. The summed E-state index contributed by atoms with van der Waals surface area (Å²) in [4.78, 5) is 4.31. The maximum Gasteiger partial charge on any atom is 0.258 e. The molecule has 20 heavy (non-hydrogen) atoms. The molecule has 4 nitrogen and oxygen atoms in total. The first-order chi connectivity index (χ1) is 9.63. The van der Waals surface area contributed by atoms with Gasteiger partial charge in [-0.1, -0.05) is 5.16 Å². The van der Waals surface area contributed by atoms with E-state index in [0.29, 0.717) is 23.0 Å². The Balaban J connectivity index is 1.97. The van der Waals surface area contributed by atoms with Crippen LogP contribution in [0.4, 0.5) is 10.1 Å². The van der Waals surface area contributed by atoms with Gasteiger partial charge < -0.3 is 10.3 Å². The molecular weight excluding hydrogens is 257 g/mol. The molecule has 0 saturated heterocycles. The van der Waals surface area contributed by atoms with Crippen molar-refractivity contribution >= 4 is 5.69 Å². The molecule has 0 radical (unpaired) electrons. The third kappa shape index (κ3) is 2.25. The van der Waals surface area contributed by atoms with Gasteiger partial charge in [0.05, 0.1) is 0 Å². The molecule has 0 aliphatic rings. The molecule has 100 valence electrons. The summed E-state index contributed by atoms with van der Waals surface area (Å²) in [5.74, 6) is 0.536. The van der Waals surface area contributed by atoms with E-state index in [0.717, 1.165) is 11.1 Å². The minimum Gasteiger partial charge on any atom is -0.399 e. The fourth-order valence-corrected chi connectivity index (χ4v) is 1.87. The highest BCUT2D eigenvalue weighted by Gasteiger charge is 2.11. The maximum atomic E-state index is 12.9. The molecule has 0 unspecified atom stereocenters. The third-order valence-corrected chi connectivity index (χ3v) is 3.05. The van der Waals surface area contributed by atoms with Crippen molar-refractivity contribution in [2.24, 2.45) is 0 Å². The molecule has 0 aliphatic carbocycles. The fourth-order valence-electron chi connectivity index (χ4n) is 1.87. The molecule has 0 fully saturated rings. The van der Waals surface area contributed by atoms with Gasteiger partial charge >= 0.3 is 0 Å². The van der Waals surface area contributed by atoms with Crippen molar-refractivity contribution in [3.8, 4) is 22.8 Å². The first-order valence-electron chi connectivity index (χ1n) is 6.09. The number of nitrogens with zero attached hydrogens (tertiary/aromatic N) is 2. The standard InChI is InChI=1S/C15H12FN3O/c1-9-8-11(4-7-13(9)17)15-18-14(19-20-15)10-2-5-12(16)6-3-10/h2-8H,17H2,1H3. The van der Waals surface area contributed by atoms with E-state index in [1.807, 2.05) is 19.1 Å². The summed E-state index contributed by atoms with van der Waals surface area (Å²) in [6, 6.07) is 11.4. The zero-order chi connectivity index (χ0) is 14.1. The van der Waals surface area contributed by atoms with Crippen LogP contribution in [0, 0.1) is 12.7 Å². The molecular formula is C15H12FN3O. The number of aromatic nitrogens is 2. The van der Waals surface area contributed by atoms with E-state index in [9.17, 15) is 4.39 Å². The molecule has 1 aromatic heterocycles. The van der Waals surface area contributed by atoms with E-state index in [1.54, 1.807) is 18.2 Å². The second-order valence-electron chi connectivity index (χ2n) is 4.50. The predicted octanol–water partition coefficient (Wildman–Crippen LogP) is 3.43. The minimum absolute atomic E-state index is 0.299. The Morgan fingerprint density at radius 2 is 1.75 bits per heavy atom. The molecule has 0 saturated carbocycles. The van der Waals surface area contributed by atoms with Gasteiger partial charge in [-0.25, -0.2) is 4.39 Å². The van der Waals surface area contributed by atoms with Crippen LogP contribution in [0.5, 0.6) is 0 Å². The second kappa shape index (κ2) is 4.77. The maximum absolute atomic E-state index is 12.9. The monoisotopic (exact) mass is 269 g/mol. The van der Waals surface area contributed by atoms with Crippen LogP contribution in [0.3, 0.4) is 0 Å². The van der Waals surface area contributed by atoms with Crippen molar-refractivity contribution in [2.45, 2.75) is 6.92 Å². The zero-order valence-corrected chi connectivity index (χ0v) is 10.8. The average Bonchev–Trinajstić information content (AvgIpc) is 2.92. The molecule has 0 spiro atoms. The van der Waals surface area contributed by atoms with Crippen molar-refractivity contribution < 1.29 is 8.91 Å². The van der Waals surface area contributed by atoms with Gasteiger partial charge in [0.25, 0.3) is 5.89 Å². The van der Waals surface area contributed by atoms with E-state index < -0.39 is 0 Å². The summed E-state index contributed by atoms with van der Waals surface area (Å²) in [7, 11) is 0. The lowest BCUT2D eigenvalue weighted by Crippen LogP contribution is -1.89. The van der Waals surface area contributed by atoms with Crippen molar-refractivity contribution in [1.29, 1.82) is 0 Å². The summed E-state index contributed by atoms with van der Waals surface area (Å²) in [5, 5.41) is 3.90. The largest absolute Gasteiger partial charge is 0.399 e. The van der Waals surface area contributed by atoms with Crippen molar-refractivity contribution in [1.82, 2.24) is 10.1 Å². The molecule has 2 aromatic carbocycles. The number of anilines is 1. The van der Waals surface area contributed by atoms with Gasteiger partial charge in [0.15, 0.2) is 0 Å². The summed E-state index contributed by atoms with van der Waals surface area (Å²) in [6.07, 6.45) is 0. The Labute approximate surface area is 115 Å². The van der Waals surface area contributed by atoms with Crippen LogP contribution in [0.25, 0.3) is 22.8 Å². The number of aryl methyl sites for hydroxylation is 1. The van der Waals surface area contributed by atoms with Crippen molar-refractivity contribution in [2.75, 3.05) is 5.73 Å². The highest BCUT2D eigenvalue weighted by molar-refractivity contribution is 5.63.